The highest BCUT2D eigenvalue weighted by Gasteiger charge is 2.32. The molecule has 1 atom stereocenters. The van der Waals surface area contributed by atoms with Gasteiger partial charge in [0.1, 0.15) is 11.1 Å². The molecule has 134 valence electrons. The first-order valence-corrected chi connectivity index (χ1v) is 10.4. The molecule has 1 N–H and O–H groups in total. The maximum atomic E-state index is 12.9. The molecule has 9 heteroatoms. The second-order valence-electron chi connectivity index (χ2n) is 5.35. The van der Waals surface area contributed by atoms with E-state index in [0.29, 0.717) is 5.56 Å². The van der Waals surface area contributed by atoms with E-state index < -0.39 is 42.6 Å². The van der Waals surface area contributed by atoms with Crippen LogP contribution in [-0.2, 0) is 30.4 Å². The summed E-state index contributed by atoms with van der Waals surface area (Å²) in [5, 5.41) is -1.65. The van der Waals surface area contributed by atoms with Gasteiger partial charge in [-0.3, -0.25) is 9.52 Å². The molecule has 6 nitrogen and oxygen atoms in total. The van der Waals surface area contributed by atoms with Crippen molar-refractivity contribution in [1.29, 1.82) is 0 Å². The van der Waals surface area contributed by atoms with Crippen molar-refractivity contribution in [3.05, 3.63) is 66.0 Å². The Labute approximate surface area is 145 Å². The normalized spacial score (nSPS) is 13.2. The van der Waals surface area contributed by atoms with Gasteiger partial charge in [0.25, 0.3) is 5.91 Å². The van der Waals surface area contributed by atoms with Gasteiger partial charge in [-0.1, -0.05) is 30.3 Å². The maximum absolute atomic E-state index is 12.9. The minimum Gasteiger partial charge on any atom is -0.273 e. The quantitative estimate of drug-likeness (QED) is 0.763. The summed E-state index contributed by atoms with van der Waals surface area (Å²) >= 11 is 0. The predicted octanol–water partition coefficient (Wildman–Crippen LogP) is 1.63. The molecule has 0 fully saturated rings. The second kappa shape index (κ2) is 7.32. The molecule has 0 aliphatic heterocycles. The van der Waals surface area contributed by atoms with Crippen LogP contribution in [0.25, 0.3) is 0 Å². The highest BCUT2D eigenvalue weighted by Crippen LogP contribution is 2.17. The molecule has 0 bridgehead atoms. The van der Waals surface area contributed by atoms with E-state index in [2.05, 4.69) is 0 Å². The average molecular weight is 385 g/mol. The lowest BCUT2D eigenvalue weighted by Crippen LogP contribution is -2.41. The molecule has 1 amide bonds. The van der Waals surface area contributed by atoms with Crippen molar-refractivity contribution in [2.24, 2.45) is 0 Å². The Morgan fingerprint density at radius 2 is 1.56 bits per heavy atom. The predicted molar refractivity (Wildman–Crippen MR) is 90.3 cm³/mol. The second-order valence-corrected chi connectivity index (χ2v) is 9.34. The van der Waals surface area contributed by atoms with Crippen LogP contribution in [0, 0.1) is 5.82 Å². The lowest BCUT2D eigenvalue weighted by molar-refractivity contribution is -0.118. The van der Waals surface area contributed by atoms with Gasteiger partial charge in [-0.05, 0) is 36.8 Å². The molecular weight excluding hydrogens is 369 g/mol. The molecule has 25 heavy (non-hydrogen) atoms. The summed E-state index contributed by atoms with van der Waals surface area (Å²) in [6.07, 6.45) is 0. The molecular formula is C16H16FNO5S2. The lowest BCUT2D eigenvalue weighted by Gasteiger charge is -2.14. The fourth-order valence-corrected chi connectivity index (χ4v) is 4.56. The standard InChI is InChI=1S/C16H16FNO5S2/c1-12(25(22,23)15-9-7-14(17)8-10-15)16(19)18-24(20,21)11-13-5-3-2-4-6-13/h2-10,12H,11H2,1H3,(H,18,19). The van der Waals surface area contributed by atoms with Gasteiger partial charge in [0.2, 0.25) is 10.0 Å². The van der Waals surface area contributed by atoms with E-state index in [1.807, 2.05) is 0 Å². The minimum atomic E-state index is -4.14. The molecule has 2 aromatic rings. The smallest absolute Gasteiger partial charge is 0.251 e. The summed E-state index contributed by atoms with van der Waals surface area (Å²) in [5.41, 5.74) is 0.455. The van der Waals surface area contributed by atoms with E-state index in [-0.39, 0.29) is 4.90 Å². The molecule has 2 aromatic carbocycles. The van der Waals surface area contributed by atoms with Gasteiger partial charge in [-0.15, -0.1) is 0 Å². The molecule has 0 saturated heterocycles. The van der Waals surface area contributed by atoms with Crippen molar-refractivity contribution in [1.82, 2.24) is 4.72 Å². The molecule has 0 aromatic heterocycles. The number of hydrogen-bond donors (Lipinski definition) is 1. The van der Waals surface area contributed by atoms with E-state index >= 15 is 0 Å². The van der Waals surface area contributed by atoms with Crippen LogP contribution in [0.5, 0.6) is 0 Å². The van der Waals surface area contributed by atoms with Gasteiger partial charge in [-0.2, -0.15) is 0 Å². The molecule has 0 aliphatic carbocycles. The number of benzene rings is 2. The Hall–Kier alpha value is -2.26. The number of halogens is 1. The van der Waals surface area contributed by atoms with Crippen LogP contribution in [0.15, 0.2) is 59.5 Å². The Bertz CT molecular complexity index is 955. The van der Waals surface area contributed by atoms with E-state index in [1.165, 1.54) is 0 Å². The van der Waals surface area contributed by atoms with Crippen LogP contribution in [0.3, 0.4) is 0 Å². The van der Waals surface area contributed by atoms with Crippen molar-refractivity contribution < 1.29 is 26.0 Å². The van der Waals surface area contributed by atoms with Crippen molar-refractivity contribution >= 4 is 25.8 Å². The van der Waals surface area contributed by atoms with Gasteiger partial charge in [0.05, 0.1) is 10.6 Å². The highest BCUT2D eigenvalue weighted by atomic mass is 32.2. The molecule has 1 unspecified atom stereocenters. The van der Waals surface area contributed by atoms with Crippen LogP contribution in [0.1, 0.15) is 12.5 Å². The van der Waals surface area contributed by atoms with Crippen molar-refractivity contribution in [3.8, 4) is 0 Å². The summed E-state index contributed by atoms with van der Waals surface area (Å²) in [4.78, 5) is 11.8. The van der Waals surface area contributed by atoms with Crippen LogP contribution < -0.4 is 4.72 Å². The Balaban J connectivity index is 2.15. The fraction of sp³-hybridized carbons (Fsp3) is 0.188. The molecule has 0 radical (unpaired) electrons. The molecule has 0 saturated carbocycles. The summed E-state index contributed by atoms with van der Waals surface area (Å²) in [5.74, 6) is -2.25. The van der Waals surface area contributed by atoms with Crippen LogP contribution in [0.4, 0.5) is 4.39 Å². The van der Waals surface area contributed by atoms with E-state index in [4.69, 9.17) is 0 Å². The first-order valence-electron chi connectivity index (χ1n) is 7.19. The van der Waals surface area contributed by atoms with E-state index in [9.17, 15) is 26.0 Å². The SMILES string of the molecule is CC(C(=O)NS(=O)(=O)Cc1ccccc1)S(=O)(=O)c1ccc(F)cc1. The van der Waals surface area contributed by atoms with Gasteiger partial charge in [0.15, 0.2) is 9.84 Å². The Morgan fingerprint density at radius 3 is 2.12 bits per heavy atom. The monoisotopic (exact) mass is 385 g/mol. The summed E-state index contributed by atoms with van der Waals surface area (Å²) in [6.45, 7) is 1.08. The summed E-state index contributed by atoms with van der Waals surface area (Å²) < 4.78 is 63.5. The number of hydrogen-bond acceptors (Lipinski definition) is 5. The molecule has 0 aliphatic rings. The van der Waals surface area contributed by atoms with Crippen LogP contribution >= 0.6 is 0 Å². The average Bonchev–Trinajstić information content (AvgIpc) is 2.54. The number of rotatable bonds is 6. The third kappa shape index (κ3) is 4.86. The number of nitrogens with one attached hydrogen (secondary N) is 1. The zero-order valence-electron chi connectivity index (χ0n) is 13.2. The van der Waals surface area contributed by atoms with Crippen molar-refractivity contribution in [2.45, 2.75) is 22.8 Å². The van der Waals surface area contributed by atoms with Crippen molar-refractivity contribution in [2.75, 3.05) is 0 Å². The molecule has 0 spiro atoms. The maximum Gasteiger partial charge on any atom is 0.251 e. The van der Waals surface area contributed by atoms with E-state index in [0.717, 1.165) is 31.2 Å². The van der Waals surface area contributed by atoms with Crippen LogP contribution in [-0.4, -0.2) is 28.0 Å². The number of carbonyl (C=O) groups excluding carboxylic acids is 1. The van der Waals surface area contributed by atoms with E-state index in [1.54, 1.807) is 35.1 Å². The van der Waals surface area contributed by atoms with Gasteiger partial charge in [0, 0.05) is 0 Å². The fourth-order valence-electron chi connectivity index (χ4n) is 2.04. The Morgan fingerprint density at radius 1 is 1.00 bits per heavy atom. The number of amides is 1. The van der Waals surface area contributed by atoms with Crippen LogP contribution in [0.2, 0.25) is 0 Å². The number of sulfone groups is 1. The summed E-state index contributed by atoms with van der Waals surface area (Å²) in [6, 6.07) is 12.1. The highest BCUT2D eigenvalue weighted by molar-refractivity contribution is 7.93. The molecule has 2 rings (SSSR count). The largest absolute Gasteiger partial charge is 0.273 e. The van der Waals surface area contributed by atoms with Gasteiger partial charge < -0.3 is 0 Å². The van der Waals surface area contributed by atoms with Crippen molar-refractivity contribution in [3.63, 3.8) is 0 Å². The Kier molecular flexibility index (Phi) is 5.58. The third-order valence-electron chi connectivity index (χ3n) is 3.43. The number of carbonyl (C=O) groups is 1. The van der Waals surface area contributed by atoms with Gasteiger partial charge >= 0.3 is 0 Å². The first-order chi connectivity index (χ1) is 11.6. The molecule has 0 heterocycles. The minimum absolute atomic E-state index is 0.267. The zero-order valence-corrected chi connectivity index (χ0v) is 14.8. The number of sulfonamides is 1. The van der Waals surface area contributed by atoms with Gasteiger partial charge in [-0.25, -0.2) is 21.2 Å². The topological polar surface area (TPSA) is 97.4 Å². The zero-order chi connectivity index (χ0) is 18.7. The lowest BCUT2D eigenvalue weighted by atomic mass is 10.2. The summed E-state index contributed by atoms with van der Waals surface area (Å²) in [7, 11) is -8.20. The third-order valence-corrected chi connectivity index (χ3v) is 6.73. The first kappa shape index (κ1) is 19.1.